The molecule has 0 aromatic heterocycles. The Balaban J connectivity index is 1.92. The molecule has 0 bridgehead atoms. The van der Waals surface area contributed by atoms with E-state index in [1.54, 1.807) is 6.07 Å². The number of benzene rings is 2. The highest BCUT2D eigenvalue weighted by Crippen LogP contribution is 2.09. The van der Waals surface area contributed by atoms with Crippen molar-refractivity contribution in [1.29, 1.82) is 0 Å². The molecule has 2 unspecified atom stereocenters. The predicted molar refractivity (Wildman–Crippen MR) is 110 cm³/mol. The predicted octanol–water partition coefficient (Wildman–Crippen LogP) is 3.89. The zero-order valence-electron chi connectivity index (χ0n) is 16.7. The summed E-state index contributed by atoms with van der Waals surface area (Å²) in [5.74, 6) is -0.351. The van der Waals surface area contributed by atoms with Crippen LogP contribution in [0, 0.1) is 12.8 Å². The zero-order chi connectivity index (χ0) is 19.8. The summed E-state index contributed by atoms with van der Waals surface area (Å²) < 4.78 is 0. The molecule has 0 heterocycles. The molecule has 0 radical (unpaired) electrons. The molecule has 2 atom stereocenters. The van der Waals surface area contributed by atoms with E-state index in [4.69, 9.17) is 0 Å². The summed E-state index contributed by atoms with van der Waals surface area (Å²) in [6.07, 6.45) is 1.76. The Morgan fingerprint density at radius 2 is 1.63 bits per heavy atom. The first-order valence-electron chi connectivity index (χ1n) is 9.58. The van der Waals surface area contributed by atoms with Gasteiger partial charge >= 0.3 is 0 Å². The van der Waals surface area contributed by atoms with Gasteiger partial charge in [-0.2, -0.15) is 0 Å². The van der Waals surface area contributed by atoms with E-state index >= 15 is 0 Å². The maximum Gasteiger partial charge on any atom is 0.251 e. The quantitative estimate of drug-likeness (QED) is 0.745. The van der Waals surface area contributed by atoms with Gasteiger partial charge in [0.1, 0.15) is 6.04 Å². The van der Waals surface area contributed by atoms with E-state index in [1.807, 2.05) is 64.1 Å². The van der Waals surface area contributed by atoms with Crippen molar-refractivity contribution in [2.75, 3.05) is 0 Å². The standard InChI is InChI=1S/C23H30N2O2/c1-16(2)21(25-22(26)20-12-8-9-17(3)15-20)23(27)24-18(4)13-14-19-10-6-5-7-11-19/h5-12,15-16,18,21H,13-14H2,1-4H3,(H,24,27)(H,25,26). The van der Waals surface area contributed by atoms with Crippen LogP contribution in [0.1, 0.15) is 48.7 Å². The van der Waals surface area contributed by atoms with Crippen molar-refractivity contribution < 1.29 is 9.59 Å². The summed E-state index contributed by atoms with van der Waals surface area (Å²) in [7, 11) is 0. The fourth-order valence-corrected chi connectivity index (χ4v) is 2.98. The molecule has 0 aliphatic heterocycles. The normalized spacial score (nSPS) is 13.1. The number of hydrogen-bond donors (Lipinski definition) is 2. The van der Waals surface area contributed by atoms with Gasteiger partial charge in [0, 0.05) is 11.6 Å². The molecule has 2 rings (SSSR count). The molecule has 144 valence electrons. The average molecular weight is 367 g/mol. The number of hydrogen-bond acceptors (Lipinski definition) is 2. The number of nitrogens with one attached hydrogen (secondary N) is 2. The van der Waals surface area contributed by atoms with E-state index in [9.17, 15) is 9.59 Å². The van der Waals surface area contributed by atoms with E-state index < -0.39 is 6.04 Å². The second-order valence-electron chi connectivity index (χ2n) is 7.50. The number of carbonyl (C=O) groups is 2. The van der Waals surface area contributed by atoms with Gasteiger partial charge in [-0.1, -0.05) is 61.9 Å². The lowest BCUT2D eigenvalue weighted by molar-refractivity contribution is -0.124. The van der Waals surface area contributed by atoms with Gasteiger partial charge in [-0.05, 0) is 50.3 Å². The van der Waals surface area contributed by atoms with Gasteiger partial charge in [-0.3, -0.25) is 9.59 Å². The van der Waals surface area contributed by atoms with Gasteiger partial charge in [0.15, 0.2) is 0 Å². The van der Waals surface area contributed by atoms with E-state index in [0.29, 0.717) is 5.56 Å². The molecular weight excluding hydrogens is 336 g/mol. The highest BCUT2D eigenvalue weighted by atomic mass is 16.2. The molecule has 2 amide bonds. The molecule has 0 aliphatic carbocycles. The third kappa shape index (κ3) is 6.55. The van der Waals surface area contributed by atoms with Crippen LogP contribution in [0.5, 0.6) is 0 Å². The molecule has 4 heteroatoms. The van der Waals surface area contributed by atoms with Crippen LogP contribution in [-0.2, 0) is 11.2 Å². The first-order chi connectivity index (χ1) is 12.9. The van der Waals surface area contributed by atoms with Crippen molar-refractivity contribution in [3.8, 4) is 0 Å². The van der Waals surface area contributed by atoms with Gasteiger partial charge in [0.2, 0.25) is 5.91 Å². The highest BCUT2D eigenvalue weighted by Gasteiger charge is 2.25. The first kappa shape index (κ1) is 20.7. The first-order valence-corrected chi connectivity index (χ1v) is 9.58. The van der Waals surface area contributed by atoms with Crippen LogP contribution in [0.4, 0.5) is 0 Å². The van der Waals surface area contributed by atoms with Crippen LogP contribution in [0.2, 0.25) is 0 Å². The van der Waals surface area contributed by atoms with Crippen LogP contribution >= 0.6 is 0 Å². The summed E-state index contributed by atoms with van der Waals surface area (Å²) in [6, 6.07) is 17.1. The second kappa shape index (κ2) is 9.91. The second-order valence-corrected chi connectivity index (χ2v) is 7.50. The minimum atomic E-state index is -0.558. The van der Waals surface area contributed by atoms with Crippen molar-refractivity contribution in [1.82, 2.24) is 10.6 Å². The Hall–Kier alpha value is -2.62. The van der Waals surface area contributed by atoms with E-state index in [-0.39, 0.29) is 23.8 Å². The monoisotopic (exact) mass is 366 g/mol. The fourth-order valence-electron chi connectivity index (χ4n) is 2.98. The molecule has 0 saturated carbocycles. The largest absolute Gasteiger partial charge is 0.352 e. The van der Waals surface area contributed by atoms with Gasteiger partial charge < -0.3 is 10.6 Å². The molecule has 27 heavy (non-hydrogen) atoms. The molecule has 2 aromatic rings. The Morgan fingerprint density at radius 3 is 2.26 bits per heavy atom. The molecule has 2 aromatic carbocycles. The maximum atomic E-state index is 12.7. The number of aryl methyl sites for hydroxylation is 2. The van der Waals surface area contributed by atoms with Crippen LogP contribution in [0.3, 0.4) is 0 Å². The molecule has 4 nitrogen and oxygen atoms in total. The van der Waals surface area contributed by atoms with Crippen LogP contribution in [0.15, 0.2) is 54.6 Å². The molecule has 0 aliphatic rings. The Morgan fingerprint density at radius 1 is 0.926 bits per heavy atom. The molecule has 0 fully saturated rings. The summed E-state index contributed by atoms with van der Waals surface area (Å²) in [6.45, 7) is 7.82. The topological polar surface area (TPSA) is 58.2 Å². The number of rotatable bonds is 8. The molecule has 0 saturated heterocycles. The average Bonchev–Trinajstić information content (AvgIpc) is 2.64. The third-order valence-electron chi connectivity index (χ3n) is 4.61. The number of carbonyl (C=O) groups excluding carboxylic acids is 2. The van der Waals surface area contributed by atoms with Gasteiger partial charge in [0.25, 0.3) is 5.91 Å². The summed E-state index contributed by atoms with van der Waals surface area (Å²) in [5, 5.41) is 5.93. The Bertz CT molecular complexity index is 756. The molecule has 0 spiro atoms. The smallest absolute Gasteiger partial charge is 0.251 e. The van der Waals surface area contributed by atoms with Crippen LogP contribution in [-0.4, -0.2) is 23.9 Å². The molecular formula is C23H30N2O2. The lowest BCUT2D eigenvalue weighted by atomic mass is 10.0. The van der Waals surface area contributed by atoms with Gasteiger partial charge in [-0.25, -0.2) is 0 Å². The summed E-state index contributed by atoms with van der Waals surface area (Å²) >= 11 is 0. The van der Waals surface area contributed by atoms with Crippen molar-refractivity contribution in [3.05, 3.63) is 71.3 Å². The lowest BCUT2D eigenvalue weighted by Gasteiger charge is -2.24. The van der Waals surface area contributed by atoms with Gasteiger partial charge in [0.05, 0.1) is 0 Å². The maximum absolute atomic E-state index is 12.7. The third-order valence-corrected chi connectivity index (χ3v) is 4.61. The molecule has 2 N–H and O–H groups in total. The van der Waals surface area contributed by atoms with Crippen molar-refractivity contribution in [3.63, 3.8) is 0 Å². The van der Waals surface area contributed by atoms with Crippen LogP contribution < -0.4 is 10.6 Å². The van der Waals surface area contributed by atoms with Crippen molar-refractivity contribution in [2.45, 2.75) is 52.6 Å². The Labute approximate surface area is 162 Å². The zero-order valence-corrected chi connectivity index (χ0v) is 16.7. The van der Waals surface area contributed by atoms with E-state index in [1.165, 1.54) is 5.56 Å². The SMILES string of the molecule is Cc1cccc(C(=O)NC(C(=O)NC(C)CCc2ccccc2)C(C)C)c1. The van der Waals surface area contributed by atoms with E-state index in [0.717, 1.165) is 18.4 Å². The van der Waals surface area contributed by atoms with Crippen LogP contribution in [0.25, 0.3) is 0 Å². The minimum Gasteiger partial charge on any atom is -0.352 e. The van der Waals surface area contributed by atoms with Crippen molar-refractivity contribution in [2.24, 2.45) is 5.92 Å². The lowest BCUT2D eigenvalue weighted by Crippen LogP contribution is -2.51. The fraction of sp³-hybridized carbons (Fsp3) is 0.391. The minimum absolute atomic E-state index is 0.0000764. The summed E-state index contributed by atoms with van der Waals surface area (Å²) in [5.41, 5.74) is 2.85. The van der Waals surface area contributed by atoms with Gasteiger partial charge in [-0.15, -0.1) is 0 Å². The van der Waals surface area contributed by atoms with E-state index in [2.05, 4.69) is 22.8 Å². The summed E-state index contributed by atoms with van der Waals surface area (Å²) in [4.78, 5) is 25.2. The Kier molecular flexibility index (Phi) is 7.59. The highest BCUT2D eigenvalue weighted by molar-refractivity contribution is 5.97. The van der Waals surface area contributed by atoms with Crippen molar-refractivity contribution >= 4 is 11.8 Å². The number of amides is 2.